The molecule has 2 aromatic rings. The first kappa shape index (κ1) is 22.0. The molecule has 2 aliphatic rings. The Morgan fingerprint density at radius 1 is 1.29 bits per heavy atom. The van der Waals surface area contributed by atoms with E-state index in [1.165, 1.54) is 0 Å². The fourth-order valence-corrected chi connectivity index (χ4v) is 6.56. The molecule has 1 aliphatic heterocycles. The highest BCUT2D eigenvalue weighted by molar-refractivity contribution is 7.89. The van der Waals surface area contributed by atoms with Crippen molar-refractivity contribution in [3.05, 3.63) is 53.4 Å². The van der Waals surface area contributed by atoms with E-state index in [1.54, 1.807) is 10.4 Å². The maximum absolute atomic E-state index is 13.5. The normalized spacial score (nSPS) is 23.4. The smallest absolute Gasteiger partial charge is 0.273 e. The van der Waals surface area contributed by atoms with E-state index in [2.05, 4.69) is 10.5 Å². The van der Waals surface area contributed by atoms with Gasteiger partial charge in [-0.3, -0.25) is 4.79 Å². The van der Waals surface area contributed by atoms with Gasteiger partial charge >= 0.3 is 0 Å². The van der Waals surface area contributed by atoms with E-state index in [0.29, 0.717) is 38.3 Å². The summed E-state index contributed by atoms with van der Waals surface area (Å²) in [7, 11) is -3.58. The molecule has 1 unspecified atom stereocenters. The third kappa shape index (κ3) is 4.83. The third-order valence-corrected chi connectivity index (χ3v) is 8.60. The molecule has 1 saturated carbocycles. The summed E-state index contributed by atoms with van der Waals surface area (Å²) in [4.78, 5) is 12.6. The number of nitrogens with zero attached hydrogens (tertiary/aromatic N) is 2. The Morgan fingerprint density at radius 2 is 2.03 bits per heavy atom. The Hall–Kier alpha value is -2.23. The van der Waals surface area contributed by atoms with Crippen LogP contribution < -0.4 is 11.1 Å². The fraction of sp³-hybridized carbons (Fsp3) is 0.545. The number of hydrogen-bond acceptors (Lipinski definition) is 6. The molecule has 3 N–H and O–H groups in total. The van der Waals surface area contributed by atoms with Gasteiger partial charge in [0.2, 0.25) is 10.0 Å². The van der Waals surface area contributed by atoms with Crippen LogP contribution in [0.4, 0.5) is 0 Å². The number of piperidine rings is 1. The van der Waals surface area contributed by atoms with Gasteiger partial charge in [-0.2, -0.15) is 4.31 Å². The highest BCUT2D eigenvalue weighted by Gasteiger charge is 2.39. The average Bonchev–Trinajstić information content (AvgIpc) is 3.48. The number of carbonyl (C=O) groups is 1. The number of sulfonamides is 1. The molecule has 1 saturated heterocycles. The molecule has 2 heterocycles. The molecule has 0 radical (unpaired) electrons. The zero-order chi connectivity index (χ0) is 22.0. The van der Waals surface area contributed by atoms with Crippen LogP contribution in [0.1, 0.15) is 72.0 Å². The number of nitrogens with two attached hydrogens (primary N) is 1. The van der Waals surface area contributed by atoms with Gasteiger partial charge < -0.3 is 15.6 Å². The molecule has 168 valence electrons. The van der Waals surface area contributed by atoms with Gasteiger partial charge in [-0.15, -0.1) is 0 Å². The first-order valence-electron chi connectivity index (χ1n) is 10.9. The summed E-state index contributed by atoms with van der Waals surface area (Å²) >= 11 is 0. The lowest BCUT2D eigenvalue weighted by molar-refractivity contribution is 0.0905. The average molecular weight is 447 g/mol. The van der Waals surface area contributed by atoms with Crippen molar-refractivity contribution in [2.45, 2.75) is 62.3 Å². The molecule has 1 aromatic heterocycles. The molecule has 2 fully saturated rings. The van der Waals surface area contributed by atoms with Crippen LogP contribution in [-0.2, 0) is 10.0 Å². The summed E-state index contributed by atoms with van der Waals surface area (Å²) in [5, 5.41) is 6.22. The van der Waals surface area contributed by atoms with Crippen molar-refractivity contribution in [1.29, 1.82) is 0 Å². The molecule has 31 heavy (non-hydrogen) atoms. The molecule has 9 heteroatoms. The lowest BCUT2D eigenvalue weighted by Gasteiger charge is -2.38. The van der Waals surface area contributed by atoms with Gasteiger partial charge in [0, 0.05) is 30.6 Å². The summed E-state index contributed by atoms with van der Waals surface area (Å²) in [6, 6.07) is 10.6. The summed E-state index contributed by atoms with van der Waals surface area (Å²) in [6.45, 7) is 2.54. The Kier molecular flexibility index (Phi) is 6.45. The van der Waals surface area contributed by atoms with Crippen molar-refractivity contribution in [1.82, 2.24) is 14.8 Å². The van der Waals surface area contributed by atoms with Crippen LogP contribution in [0.15, 0.2) is 40.9 Å². The van der Waals surface area contributed by atoms with Crippen LogP contribution in [0.2, 0.25) is 0 Å². The second-order valence-electron chi connectivity index (χ2n) is 8.56. The van der Waals surface area contributed by atoms with E-state index < -0.39 is 15.3 Å². The van der Waals surface area contributed by atoms with Crippen LogP contribution in [0, 0.1) is 0 Å². The summed E-state index contributed by atoms with van der Waals surface area (Å²) in [5.41, 5.74) is 6.79. The van der Waals surface area contributed by atoms with Gasteiger partial charge in [0.05, 0.1) is 0 Å². The lowest BCUT2D eigenvalue weighted by atomic mass is 10.0. The molecule has 1 amide bonds. The highest BCUT2D eigenvalue weighted by Crippen LogP contribution is 2.40. The number of benzene rings is 1. The number of nitrogens with one attached hydrogen (secondary N) is 1. The minimum atomic E-state index is -3.58. The highest BCUT2D eigenvalue weighted by atomic mass is 32.2. The second kappa shape index (κ2) is 9.10. The summed E-state index contributed by atoms with van der Waals surface area (Å²) < 4.78 is 33.8. The minimum absolute atomic E-state index is 0.111. The van der Waals surface area contributed by atoms with Crippen LogP contribution in [0.3, 0.4) is 0 Å². The van der Waals surface area contributed by atoms with Gasteiger partial charge in [-0.05, 0) is 51.1 Å². The first-order valence-corrected chi connectivity index (χ1v) is 12.4. The molecule has 1 aromatic carbocycles. The van der Waals surface area contributed by atoms with Crippen LogP contribution in [0.5, 0.6) is 0 Å². The van der Waals surface area contributed by atoms with Crippen molar-refractivity contribution < 1.29 is 17.7 Å². The monoisotopic (exact) mass is 446 g/mol. The zero-order valence-electron chi connectivity index (χ0n) is 17.7. The topological polar surface area (TPSA) is 119 Å². The predicted octanol–water partition coefficient (Wildman–Crippen LogP) is 2.55. The van der Waals surface area contributed by atoms with Crippen LogP contribution in [-0.4, -0.2) is 49.0 Å². The lowest BCUT2D eigenvalue weighted by Crippen LogP contribution is -2.51. The van der Waals surface area contributed by atoms with Crippen molar-refractivity contribution >= 4 is 15.9 Å². The number of aromatic nitrogens is 1. The third-order valence-electron chi connectivity index (χ3n) is 6.18. The van der Waals surface area contributed by atoms with Crippen LogP contribution >= 0.6 is 0 Å². The van der Waals surface area contributed by atoms with E-state index in [1.807, 2.05) is 37.3 Å². The van der Waals surface area contributed by atoms with Gasteiger partial charge in [-0.25, -0.2) is 8.42 Å². The fourth-order valence-electron chi connectivity index (χ4n) is 4.35. The maximum atomic E-state index is 13.5. The van der Waals surface area contributed by atoms with Crippen molar-refractivity contribution in [3.63, 3.8) is 0 Å². The molecule has 4 rings (SSSR count). The van der Waals surface area contributed by atoms with E-state index >= 15 is 0 Å². The molecular formula is C22H30N4O4S. The van der Waals surface area contributed by atoms with Crippen LogP contribution in [0.25, 0.3) is 0 Å². The van der Waals surface area contributed by atoms with Gasteiger partial charge in [0.1, 0.15) is 11.0 Å². The standard InChI is InChI=1S/C22H30N4O4S/c1-15-13-18(24-22(27)19-14-20(30-25-19)16-7-8-16)10-12-26(15)31(28,29)21(9-11-23)17-5-3-2-4-6-17/h2-6,14-16,18,21H,7-13,23H2,1H3,(H,24,27)/t15-,18-,21?/m0/s1. The second-order valence-corrected chi connectivity index (χ2v) is 10.6. The van der Waals surface area contributed by atoms with Gasteiger partial charge in [-0.1, -0.05) is 35.5 Å². The number of rotatable bonds is 8. The quantitative estimate of drug-likeness (QED) is 0.643. The SMILES string of the molecule is C[C@H]1C[C@@H](NC(=O)c2cc(C3CC3)on2)CCN1S(=O)(=O)C(CCN)c1ccccc1. The minimum Gasteiger partial charge on any atom is -0.360 e. The van der Waals surface area contributed by atoms with E-state index in [9.17, 15) is 13.2 Å². The summed E-state index contributed by atoms with van der Waals surface area (Å²) in [6.07, 6.45) is 3.62. The van der Waals surface area contributed by atoms with E-state index in [-0.39, 0.29) is 23.7 Å². The van der Waals surface area contributed by atoms with Crippen molar-refractivity contribution in [2.24, 2.45) is 5.73 Å². The van der Waals surface area contributed by atoms with E-state index in [0.717, 1.165) is 24.2 Å². The molecule has 1 aliphatic carbocycles. The Bertz CT molecular complexity index is 1000. The first-order chi connectivity index (χ1) is 14.9. The Morgan fingerprint density at radius 3 is 2.68 bits per heavy atom. The number of carbonyl (C=O) groups excluding carboxylic acids is 1. The number of hydrogen-bond donors (Lipinski definition) is 2. The molecule has 0 bridgehead atoms. The molecular weight excluding hydrogens is 416 g/mol. The molecule has 0 spiro atoms. The maximum Gasteiger partial charge on any atom is 0.273 e. The zero-order valence-corrected chi connectivity index (χ0v) is 18.6. The predicted molar refractivity (Wildman–Crippen MR) is 117 cm³/mol. The van der Waals surface area contributed by atoms with E-state index in [4.69, 9.17) is 10.3 Å². The van der Waals surface area contributed by atoms with Gasteiger partial charge in [0.25, 0.3) is 5.91 Å². The number of amides is 1. The van der Waals surface area contributed by atoms with Crippen molar-refractivity contribution in [2.75, 3.05) is 13.1 Å². The molecule has 8 nitrogen and oxygen atoms in total. The Balaban J connectivity index is 1.41. The largest absolute Gasteiger partial charge is 0.360 e. The van der Waals surface area contributed by atoms with Crippen molar-refractivity contribution in [3.8, 4) is 0 Å². The Labute approximate surface area is 183 Å². The summed E-state index contributed by atoms with van der Waals surface area (Å²) in [5.74, 6) is 0.898. The van der Waals surface area contributed by atoms with Gasteiger partial charge in [0.15, 0.2) is 5.69 Å². The molecule has 3 atom stereocenters.